The third-order valence-electron chi connectivity index (χ3n) is 5.96. The summed E-state index contributed by atoms with van der Waals surface area (Å²) < 4.78 is 30.9. The van der Waals surface area contributed by atoms with Crippen LogP contribution in [0.4, 0.5) is 0 Å². The number of sulfone groups is 1. The molecule has 0 aliphatic carbocycles. The fourth-order valence-corrected chi connectivity index (χ4v) is 5.87. The van der Waals surface area contributed by atoms with Gasteiger partial charge in [0, 0.05) is 10.6 Å². The van der Waals surface area contributed by atoms with E-state index in [1.807, 2.05) is 0 Å². The summed E-state index contributed by atoms with van der Waals surface area (Å²) in [5.41, 5.74) is 5.53. The normalized spacial score (nSPS) is 16.4. The highest BCUT2D eigenvalue weighted by Crippen LogP contribution is 2.38. The number of nitrogens with zero attached hydrogens (tertiary/aromatic N) is 2. The zero-order chi connectivity index (χ0) is 25.4. The Bertz CT molecular complexity index is 1390. The van der Waals surface area contributed by atoms with Crippen LogP contribution in [-0.2, 0) is 14.6 Å². The van der Waals surface area contributed by atoms with Crippen molar-refractivity contribution in [3.05, 3.63) is 64.3 Å². The van der Waals surface area contributed by atoms with E-state index in [0.717, 1.165) is 0 Å². The second-order valence-corrected chi connectivity index (χ2v) is 11.3. The number of methoxy groups -OCH3 is 1. The predicted molar refractivity (Wildman–Crippen MR) is 133 cm³/mol. The summed E-state index contributed by atoms with van der Waals surface area (Å²) >= 11 is 12.5. The van der Waals surface area contributed by atoms with Gasteiger partial charge in [-0.25, -0.2) is 13.1 Å². The number of carbonyl (C=O) groups excluding carboxylic acids is 2. The lowest BCUT2D eigenvalue weighted by molar-refractivity contribution is -0.124. The van der Waals surface area contributed by atoms with Crippen molar-refractivity contribution in [1.82, 2.24) is 15.1 Å². The first kappa shape index (κ1) is 25.0. The first-order valence-corrected chi connectivity index (χ1v) is 13.2. The topological polar surface area (TPSA) is 133 Å². The van der Waals surface area contributed by atoms with Crippen LogP contribution in [0.15, 0.2) is 48.5 Å². The maximum Gasteiger partial charge on any atom is 0.276 e. The number of carbonyl (C=O) groups is 2. The average molecular weight is 537 g/mol. The molecule has 35 heavy (non-hydrogen) atoms. The lowest BCUT2D eigenvalue weighted by Crippen LogP contribution is -2.61. The van der Waals surface area contributed by atoms with Gasteiger partial charge in [0.2, 0.25) is 5.91 Å². The van der Waals surface area contributed by atoms with Crippen molar-refractivity contribution in [3.63, 3.8) is 0 Å². The Morgan fingerprint density at radius 3 is 2.29 bits per heavy atom. The molecule has 3 aromatic rings. The van der Waals surface area contributed by atoms with Gasteiger partial charge in [-0.2, -0.15) is 5.10 Å². The van der Waals surface area contributed by atoms with Gasteiger partial charge in [0.15, 0.2) is 21.3 Å². The Balaban J connectivity index is 1.84. The highest BCUT2D eigenvalue weighted by atomic mass is 35.5. The molecule has 3 N–H and O–H groups in total. The summed E-state index contributed by atoms with van der Waals surface area (Å²) in [6.45, 7) is 0. The second kappa shape index (κ2) is 9.52. The number of nitrogens with one attached hydrogen (secondary N) is 1. The van der Waals surface area contributed by atoms with Gasteiger partial charge in [-0.3, -0.25) is 9.59 Å². The molecule has 1 fully saturated rings. The molecule has 0 saturated carbocycles. The molecule has 1 saturated heterocycles. The summed E-state index contributed by atoms with van der Waals surface area (Å²) in [5, 5.41) is 8.03. The minimum atomic E-state index is -3.31. The zero-order valence-corrected chi connectivity index (χ0v) is 21.0. The van der Waals surface area contributed by atoms with E-state index in [1.165, 1.54) is 11.8 Å². The van der Waals surface area contributed by atoms with Gasteiger partial charge in [0.25, 0.3) is 5.91 Å². The highest BCUT2D eigenvalue weighted by Gasteiger charge is 2.44. The Labute approximate surface area is 212 Å². The molecule has 2 heterocycles. The molecule has 9 nitrogen and oxygen atoms in total. The highest BCUT2D eigenvalue weighted by molar-refractivity contribution is 7.91. The molecule has 1 aromatic heterocycles. The summed E-state index contributed by atoms with van der Waals surface area (Å²) in [7, 11) is -1.92. The van der Waals surface area contributed by atoms with Gasteiger partial charge in [-0.1, -0.05) is 47.5 Å². The van der Waals surface area contributed by atoms with Gasteiger partial charge < -0.3 is 15.8 Å². The van der Waals surface area contributed by atoms with E-state index in [-0.39, 0.29) is 35.8 Å². The molecule has 184 valence electrons. The van der Waals surface area contributed by atoms with Crippen molar-refractivity contribution < 1.29 is 22.7 Å². The SMILES string of the molecule is COc1c(C(=O)NC2(C(N)=O)CCS(=O)(=O)CC2)nn(-c2ccccc2Cl)c1-c1ccc(Cl)cc1. The van der Waals surface area contributed by atoms with Crippen LogP contribution >= 0.6 is 23.2 Å². The van der Waals surface area contributed by atoms with Crippen LogP contribution in [0.3, 0.4) is 0 Å². The van der Waals surface area contributed by atoms with E-state index in [2.05, 4.69) is 10.4 Å². The zero-order valence-electron chi connectivity index (χ0n) is 18.6. The van der Waals surface area contributed by atoms with E-state index in [9.17, 15) is 18.0 Å². The van der Waals surface area contributed by atoms with Crippen LogP contribution in [-0.4, -0.2) is 54.2 Å². The summed E-state index contributed by atoms with van der Waals surface area (Å²) in [6.07, 6.45) is -0.262. The molecular formula is C23H22Cl2N4O5S. The number of aromatic nitrogens is 2. The number of primary amides is 1. The number of nitrogens with two attached hydrogens (primary N) is 1. The Morgan fingerprint density at radius 2 is 1.71 bits per heavy atom. The van der Waals surface area contributed by atoms with Gasteiger partial charge in [-0.15, -0.1) is 0 Å². The van der Waals surface area contributed by atoms with Gasteiger partial charge >= 0.3 is 0 Å². The largest absolute Gasteiger partial charge is 0.492 e. The van der Waals surface area contributed by atoms with Crippen molar-refractivity contribution >= 4 is 44.9 Å². The van der Waals surface area contributed by atoms with E-state index in [4.69, 9.17) is 33.7 Å². The number of hydrogen-bond acceptors (Lipinski definition) is 6. The molecule has 4 rings (SSSR count). The minimum Gasteiger partial charge on any atom is -0.492 e. The number of rotatable bonds is 6. The minimum absolute atomic E-state index is 0.119. The molecule has 0 bridgehead atoms. The quantitative estimate of drug-likeness (QED) is 0.497. The van der Waals surface area contributed by atoms with Crippen molar-refractivity contribution in [2.75, 3.05) is 18.6 Å². The van der Waals surface area contributed by atoms with Crippen LogP contribution < -0.4 is 15.8 Å². The fourth-order valence-electron chi connectivity index (χ4n) is 4.00. The van der Waals surface area contributed by atoms with Crippen molar-refractivity contribution in [2.24, 2.45) is 5.73 Å². The monoisotopic (exact) mass is 536 g/mol. The fraction of sp³-hybridized carbons (Fsp3) is 0.261. The molecule has 0 unspecified atom stereocenters. The van der Waals surface area contributed by atoms with Crippen LogP contribution in [0.2, 0.25) is 10.0 Å². The predicted octanol–water partition coefficient (Wildman–Crippen LogP) is 3.02. The lowest BCUT2D eigenvalue weighted by atomic mass is 9.91. The van der Waals surface area contributed by atoms with Crippen molar-refractivity contribution in [3.8, 4) is 22.7 Å². The van der Waals surface area contributed by atoms with Gasteiger partial charge in [0.1, 0.15) is 11.2 Å². The molecule has 1 aliphatic heterocycles. The van der Waals surface area contributed by atoms with Crippen LogP contribution in [0, 0.1) is 0 Å². The molecule has 0 atom stereocenters. The van der Waals surface area contributed by atoms with E-state index >= 15 is 0 Å². The van der Waals surface area contributed by atoms with Crippen LogP contribution in [0.5, 0.6) is 5.75 Å². The standard InChI is InChI=1S/C23H22Cl2N4O5S/c1-34-20-18(21(30)27-23(22(26)31)10-12-35(32,33)13-11-23)28-29(17-5-3-2-4-16(17)25)19(20)14-6-8-15(24)9-7-14/h2-9H,10-13H2,1H3,(H2,26,31)(H,27,30). The Kier molecular flexibility index (Phi) is 6.81. The Hall–Kier alpha value is -3.08. The molecule has 1 aliphatic rings. The first-order valence-electron chi connectivity index (χ1n) is 10.6. The number of hydrogen-bond donors (Lipinski definition) is 2. The van der Waals surface area contributed by atoms with Gasteiger partial charge in [0.05, 0.1) is 29.3 Å². The lowest BCUT2D eigenvalue weighted by Gasteiger charge is -2.34. The number of para-hydroxylation sites is 1. The van der Waals surface area contributed by atoms with Crippen LogP contribution in [0.25, 0.3) is 16.9 Å². The number of benzene rings is 2. The maximum atomic E-state index is 13.5. The van der Waals surface area contributed by atoms with Crippen molar-refractivity contribution in [2.45, 2.75) is 18.4 Å². The number of amides is 2. The average Bonchev–Trinajstić information content (AvgIpc) is 3.21. The van der Waals surface area contributed by atoms with Crippen molar-refractivity contribution in [1.29, 1.82) is 0 Å². The molecule has 2 amide bonds. The first-order chi connectivity index (χ1) is 16.6. The molecule has 0 spiro atoms. The van der Waals surface area contributed by atoms with Crippen LogP contribution in [0.1, 0.15) is 23.3 Å². The van der Waals surface area contributed by atoms with Gasteiger partial charge in [-0.05, 0) is 37.1 Å². The number of halogens is 2. The molecule has 12 heteroatoms. The third kappa shape index (κ3) is 4.86. The van der Waals surface area contributed by atoms with E-state index in [1.54, 1.807) is 48.5 Å². The molecule has 0 radical (unpaired) electrons. The summed E-state index contributed by atoms with van der Waals surface area (Å²) in [6, 6.07) is 13.8. The molecule has 2 aromatic carbocycles. The second-order valence-electron chi connectivity index (χ2n) is 8.15. The third-order valence-corrected chi connectivity index (χ3v) is 8.19. The number of ether oxygens (including phenoxy) is 1. The van der Waals surface area contributed by atoms with E-state index in [0.29, 0.717) is 27.0 Å². The molecular weight excluding hydrogens is 515 g/mol. The smallest absolute Gasteiger partial charge is 0.276 e. The summed E-state index contributed by atoms with van der Waals surface area (Å²) in [4.78, 5) is 25.8. The summed E-state index contributed by atoms with van der Waals surface area (Å²) in [5.74, 6) is -1.95. The maximum absolute atomic E-state index is 13.5. The Morgan fingerprint density at radius 1 is 1.09 bits per heavy atom. The van der Waals surface area contributed by atoms with E-state index < -0.39 is 27.2 Å².